The Balaban J connectivity index is 1.66. The topological polar surface area (TPSA) is 38.7 Å². The van der Waals surface area contributed by atoms with Crippen LogP contribution in [0.4, 0.5) is 17.6 Å². The van der Waals surface area contributed by atoms with Gasteiger partial charge in [-0.2, -0.15) is 24.9 Å². The molecule has 2 aliphatic heterocycles. The molecule has 33 heavy (non-hydrogen) atoms. The van der Waals surface area contributed by atoms with Gasteiger partial charge >= 0.3 is 6.18 Å². The van der Waals surface area contributed by atoms with Crippen LogP contribution in [0.3, 0.4) is 0 Å². The van der Waals surface area contributed by atoms with Crippen molar-refractivity contribution in [2.24, 2.45) is 10.6 Å². The van der Waals surface area contributed by atoms with Gasteiger partial charge in [0.2, 0.25) is 6.17 Å². The van der Waals surface area contributed by atoms with Crippen molar-refractivity contribution in [2.45, 2.75) is 38.2 Å². The number of nitrogens with zero attached hydrogens (tertiary/aromatic N) is 1. The second-order valence-corrected chi connectivity index (χ2v) is 10.6. The molecule has 2 aliphatic rings. The van der Waals surface area contributed by atoms with E-state index >= 15 is 4.39 Å². The van der Waals surface area contributed by atoms with Crippen molar-refractivity contribution in [2.75, 3.05) is 11.5 Å². The molecule has 0 aliphatic carbocycles. The summed E-state index contributed by atoms with van der Waals surface area (Å²) in [5.74, 6) is 1.75. The monoisotopic (exact) mass is 519 g/mol. The van der Waals surface area contributed by atoms with Crippen LogP contribution in [0.1, 0.15) is 40.4 Å². The normalized spacial score (nSPS) is 24.1. The molecule has 1 fully saturated rings. The van der Waals surface area contributed by atoms with Crippen LogP contribution in [0.15, 0.2) is 41.6 Å². The molecule has 0 aromatic heterocycles. The number of carbonyl (C=O) groups is 1. The first-order chi connectivity index (χ1) is 15.4. The van der Waals surface area contributed by atoms with Crippen molar-refractivity contribution >= 4 is 46.5 Å². The minimum atomic E-state index is -5.16. The van der Waals surface area contributed by atoms with E-state index in [-0.39, 0.29) is 26.8 Å². The largest absolute Gasteiger partial charge is 0.438 e. The molecule has 2 heterocycles. The Bertz CT molecular complexity index is 1130. The summed E-state index contributed by atoms with van der Waals surface area (Å²) in [5, 5.41) is 3.30. The Hall–Kier alpha value is -1.77. The summed E-state index contributed by atoms with van der Waals surface area (Å²) < 4.78 is 58.1. The number of alkyl halides is 4. The van der Waals surface area contributed by atoms with E-state index in [2.05, 4.69) is 5.16 Å². The van der Waals surface area contributed by atoms with Crippen molar-refractivity contribution in [3.8, 4) is 0 Å². The molecule has 0 radical (unpaired) electrons. The molecular formula is C23H19Cl2F4NO2S. The molecule has 176 valence electrons. The zero-order chi connectivity index (χ0) is 24.2. The molecule has 2 unspecified atom stereocenters. The molecular weight excluding hydrogens is 501 g/mol. The van der Waals surface area contributed by atoms with Gasteiger partial charge in [0, 0.05) is 33.2 Å². The van der Waals surface area contributed by atoms with Crippen LogP contribution < -0.4 is 0 Å². The van der Waals surface area contributed by atoms with Gasteiger partial charge in [0.15, 0.2) is 5.78 Å². The van der Waals surface area contributed by atoms with E-state index in [1.165, 1.54) is 24.3 Å². The van der Waals surface area contributed by atoms with Gasteiger partial charge in [-0.05, 0) is 53.7 Å². The first-order valence-electron chi connectivity index (χ1n) is 10.0. The van der Waals surface area contributed by atoms with Gasteiger partial charge in [0.1, 0.15) is 5.71 Å². The SMILES string of the molecule is Cc1cc(C2=NOC(c3cc(Cl)cc(Cl)c3)(C(F)(F)F)C2F)ccc1C(=O)CC1(C)CSC1. The molecule has 0 saturated carbocycles. The quantitative estimate of drug-likeness (QED) is 0.310. The molecule has 0 N–H and O–H groups in total. The lowest BCUT2D eigenvalue weighted by molar-refractivity contribution is -0.289. The van der Waals surface area contributed by atoms with Gasteiger partial charge < -0.3 is 4.84 Å². The summed E-state index contributed by atoms with van der Waals surface area (Å²) in [6.45, 7) is 3.70. The van der Waals surface area contributed by atoms with E-state index < -0.39 is 29.2 Å². The summed E-state index contributed by atoms with van der Waals surface area (Å²) in [6, 6.07) is 7.50. The van der Waals surface area contributed by atoms with Gasteiger partial charge in [-0.15, -0.1) is 0 Å². The van der Waals surface area contributed by atoms with Crippen molar-refractivity contribution in [3.05, 3.63) is 68.7 Å². The maximum absolute atomic E-state index is 15.6. The van der Waals surface area contributed by atoms with Crippen molar-refractivity contribution in [1.29, 1.82) is 0 Å². The Labute approximate surface area is 202 Å². The third kappa shape index (κ3) is 4.26. The zero-order valence-corrected chi connectivity index (χ0v) is 19.9. The number of carbonyl (C=O) groups excluding carboxylic acids is 1. The van der Waals surface area contributed by atoms with Crippen LogP contribution in [0.25, 0.3) is 0 Å². The fourth-order valence-electron chi connectivity index (χ4n) is 4.10. The van der Waals surface area contributed by atoms with Crippen molar-refractivity contribution in [1.82, 2.24) is 0 Å². The van der Waals surface area contributed by atoms with Crippen LogP contribution in [0.5, 0.6) is 0 Å². The summed E-state index contributed by atoms with van der Waals surface area (Å²) in [5.41, 5.74) is -3.47. The molecule has 0 bridgehead atoms. The summed E-state index contributed by atoms with van der Waals surface area (Å²) >= 11 is 13.5. The van der Waals surface area contributed by atoms with Crippen LogP contribution in [-0.2, 0) is 10.4 Å². The minimum absolute atomic E-state index is 0.0508. The van der Waals surface area contributed by atoms with E-state index in [9.17, 15) is 18.0 Å². The molecule has 4 rings (SSSR count). The van der Waals surface area contributed by atoms with Crippen molar-refractivity contribution < 1.29 is 27.2 Å². The number of halogens is 6. The number of rotatable bonds is 5. The third-order valence-electron chi connectivity index (χ3n) is 5.91. The highest BCUT2D eigenvalue weighted by atomic mass is 35.5. The summed E-state index contributed by atoms with van der Waals surface area (Å²) in [4.78, 5) is 17.5. The number of hydrogen-bond acceptors (Lipinski definition) is 4. The lowest BCUT2D eigenvalue weighted by Crippen LogP contribution is -2.50. The van der Waals surface area contributed by atoms with Gasteiger partial charge in [-0.1, -0.05) is 47.4 Å². The minimum Gasteiger partial charge on any atom is -0.371 e. The first kappa shape index (κ1) is 24.4. The number of ketones is 1. The molecule has 0 spiro atoms. The second kappa shape index (κ2) is 8.47. The van der Waals surface area contributed by atoms with Gasteiger partial charge in [0.25, 0.3) is 5.60 Å². The van der Waals surface area contributed by atoms with Crippen molar-refractivity contribution in [3.63, 3.8) is 0 Å². The lowest BCUT2D eigenvalue weighted by atomic mass is 9.83. The molecule has 10 heteroatoms. The van der Waals surface area contributed by atoms with E-state index in [0.29, 0.717) is 17.5 Å². The Kier molecular flexibility index (Phi) is 6.25. The van der Waals surface area contributed by atoms with E-state index in [1.807, 2.05) is 6.92 Å². The fourth-order valence-corrected chi connectivity index (χ4v) is 5.73. The average Bonchev–Trinajstić information content (AvgIpc) is 3.04. The zero-order valence-electron chi connectivity index (χ0n) is 17.6. The smallest absolute Gasteiger partial charge is 0.371 e. The number of benzene rings is 2. The summed E-state index contributed by atoms with van der Waals surface area (Å²) in [7, 11) is 0. The molecule has 2 atom stereocenters. The Morgan fingerprint density at radius 2 is 1.82 bits per heavy atom. The first-order valence-corrected chi connectivity index (χ1v) is 11.9. The molecule has 3 nitrogen and oxygen atoms in total. The second-order valence-electron chi connectivity index (χ2n) is 8.76. The number of aryl methyl sites for hydroxylation is 1. The predicted octanol–water partition coefficient (Wildman–Crippen LogP) is 7.16. The number of hydrogen-bond donors (Lipinski definition) is 0. The third-order valence-corrected chi connectivity index (χ3v) is 8.15. The van der Waals surface area contributed by atoms with Crippen LogP contribution >= 0.6 is 35.0 Å². The van der Waals surface area contributed by atoms with Crippen LogP contribution in [-0.4, -0.2) is 35.3 Å². The molecule has 1 saturated heterocycles. The fraction of sp³-hybridized carbons (Fsp3) is 0.391. The highest BCUT2D eigenvalue weighted by Gasteiger charge is 2.69. The van der Waals surface area contributed by atoms with Crippen LogP contribution in [0.2, 0.25) is 10.0 Å². The number of oxime groups is 1. The summed E-state index contributed by atoms with van der Waals surface area (Å²) in [6.07, 6.45) is -7.46. The Morgan fingerprint density at radius 3 is 2.33 bits per heavy atom. The number of Topliss-reactive ketones (excluding diaryl/α,β-unsaturated/α-hetero) is 1. The van der Waals surface area contributed by atoms with Gasteiger partial charge in [0.05, 0.1) is 0 Å². The van der Waals surface area contributed by atoms with Crippen LogP contribution in [0, 0.1) is 12.3 Å². The van der Waals surface area contributed by atoms with Gasteiger partial charge in [-0.3, -0.25) is 4.79 Å². The molecule has 2 aromatic carbocycles. The lowest BCUT2D eigenvalue weighted by Gasteiger charge is -2.37. The predicted molar refractivity (Wildman–Crippen MR) is 122 cm³/mol. The number of thioether (sulfide) groups is 1. The maximum Gasteiger partial charge on any atom is 0.438 e. The van der Waals surface area contributed by atoms with Gasteiger partial charge in [-0.25, -0.2) is 4.39 Å². The van der Waals surface area contributed by atoms with E-state index in [1.54, 1.807) is 18.7 Å². The maximum atomic E-state index is 15.6. The van der Waals surface area contributed by atoms with E-state index in [0.717, 1.165) is 23.6 Å². The van der Waals surface area contributed by atoms with E-state index in [4.69, 9.17) is 28.0 Å². The average molecular weight is 520 g/mol. The Morgan fingerprint density at radius 1 is 1.18 bits per heavy atom. The molecule has 2 aromatic rings. The highest BCUT2D eigenvalue weighted by Crippen LogP contribution is 2.51. The highest BCUT2D eigenvalue weighted by molar-refractivity contribution is 8.00. The molecule has 0 amide bonds. The standard InChI is InChI=1S/C23H19Cl2F4NO2S/c1-12-5-13(3-4-17(12)18(31)9-21(2)10-33-11-21)19-20(26)22(32-30-19,23(27,28)29)14-6-15(24)8-16(25)7-14/h3-8,20H,9-11H2,1-2H3.